The fourth-order valence-corrected chi connectivity index (χ4v) is 1.91. The molecular formula is C12H17N3O2. The first-order chi connectivity index (χ1) is 8.33. The van der Waals surface area contributed by atoms with E-state index < -0.39 is 0 Å². The maximum absolute atomic E-state index is 12.3. The Kier molecular flexibility index (Phi) is 3.95. The molecule has 1 aromatic rings. The lowest BCUT2D eigenvalue weighted by Gasteiger charge is -2.20. The maximum atomic E-state index is 12.3. The van der Waals surface area contributed by atoms with Crippen LogP contribution >= 0.6 is 0 Å². The summed E-state index contributed by atoms with van der Waals surface area (Å²) in [5.41, 5.74) is 3.82. The Hall–Kier alpha value is -1.59. The molecule has 0 radical (unpaired) electrons. The lowest BCUT2D eigenvalue weighted by molar-refractivity contribution is 0.0742. The minimum Gasteiger partial charge on any atom is -0.380 e. The van der Waals surface area contributed by atoms with Crippen LogP contribution in [0.15, 0.2) is 24.3 Å². The molecule has 1 aromatic carbocycles. The van der Waals surface area contributed by atoms with Crippen molar-refractivity contribution in [2.75, 3.05) is 31.7 Å². The molecule has 1 heterocycles. The normalized spacial score (nSPS) is 16.4. The van der Waals surface area contributed by atoms with Crippen molar-refractivity contribution < 1.29 is 9.53 Å². The molecule has 1 saturated heterocycles. The number of benzene rings is 1. The van der Waals surface area contributed by atoms with Crippen molar-refractivity contribution in [3.63, 3.8) is 0 Å². The van der Waals surface area contributed by atoms with Crippen molar-refractivity contribution in [1.29, 1.82) is 0 Å². The number of hydrogen-bond acceptors (Lipinski definition) is 4. The minimum atomic E-state index is 0.00375. The molecule has 5 heteroatoms. The molecule has 0 saturated carbocycles. The van der Waals surface area contributed by atoms with Gasteiger partial charge in [-0.05, 0) is 18.6 Å². The Bertz CT molecular complexity index is 387. The highest BCUT2D eigenvalue weighted by atomic mass is 16.5. The molecule has 1 amide bonds. The highest BCUT2D eigenvalue weighted by molar-refractivity contribution is 5.99. The second kappa shape index (κ2) is 5.65. The average Bonchev–Trinajstić information content (AvgIpc) is 2.66. The van der Waals surface area contributed by atoms with Crippen LogP contribution in [-0.2, 0) is 4.74 Å². The van der Waals surface area contributed by atoms with E-state index in [1.54, 1.807) is 12.1 Å². The number of anilines is 1. The Morgan fingerprint density at radius 1 is 1.29 bits per heavy atom. The van der Waals surface area contributed by atoms with Gasteiger partial charge in [-0.2, -0.15) is 0 Å². The molecule has 0 aromatic heterocycles. The molecule has 0 aliphatic carbocycles. The summed E-state index contributed by atoms with van der Waals surface area (Å²) in [6.45, 7) is 2.69. The number of carbonyl (C=O) groups is 1. The highest BCUT2D eigenvalue weighted by Gasteiger charge is 2.19. The molecule has 3 N–H and O–H groups in total. The van der Waals surface area contributed by atoms with Gasteiger partial charge in [0.2, 0.25) is 0 Å². The second-order valence-electron chi connectivity index (χ2n) is 3.95. The molecule has 0 unspecified atom stereocenters. The molecule has 0 spiro atoms. The Labute approximate surface area is 101 Å². The van der Waals surface area contributed by atoms with Crippen molar-refractivity contribution in [3.8, 4) is 0 Å². The van der Waals surface area contributed by atoms with E-state index in [-0.39, 0.29) is 5.91 Å². The van der Waals surface area contributed by atoms with Gasteiger partial charge in [0.05, 0.1) is 17.9 Å². The molecule has 2 rings (SSSR count). The van der Waals surface area contributed by atoms with Crippen LogP contribution < -0.4 is 11.3 Å². The van der Waals surface area contributed by atoms with E-state index in [0.29, 0.717) is 24.4 Å². The van der Waals surface area contributed by atoms with Crippen LogP contribution in [0, 0.1) is 0 Å². The van der Waals surface area contributed by atoms with E-state index in [2.05, 4.69) is 5.43 Å². The number of nitrogens with zero attached hydrogens (tertiary/aromatic N) is 1. The number of ether oxygens (including phenoxy) is 1. The standard InChI is InChI=1S/C12H17N3O2/c13-14-11-5-2-1-4-10(11)12(16)15-6-3-8-17-9-7-15/h1-2,4-5,14H,3,6-9,13H2. The van der Waals surface area contributed by atoms with Crippen LogP contribution in [-0.4, -0.2) is 37.1 Å². The summed E-state index contributed by atoms with van der Waals surface area (Å²) in [5, 5.41) is 0. The van der Waals surface area contributed by atoms with Gasteiger partial charge in [0.25, 0.3) is 5.91 Å². The number of nitrogens with two attached hydrogens (primary N) is 1. The van der Waals surface area contributed by atoms with E-state index in [1.165, 1.54) is 0 Å². The average molecular weight is 235 g/mol. The molecule has 1 aliphatic rings. The molecular weight excluding hydrogens is 218 g/mol. The van der Waals surface area contributed by atoms with Gasteiger partial charge in [0, 0.05) is 19.7 Å². The fraction of sp³-hybridized carbons (Fsp3) is 0.417. The predicted octanol–water partition coefficient (Wildman–Crippen LogP) is 0.835. The summed E-state index contributed by atoms with van der Waals surface area (Å²) in [6.07, 6.45) is 0.879. The summed E-state index contributed by atoms with van der Waals surface area (Å²) >= 11 is 0. The molecule has 92 valence electrons. The van der Waals surface area contributed by atoms with Crippen LogP contribution in [0.1, 0.15) is 16.8 Å². The van der Waals surface area contributed by atoms with E-state index in [9.17, 15) is 4.79 Å². The third kappa shape index (κ3) is 2.75. The first-order valence-corrected chi connectivity index (χ1v) is 5.75. The van der Waals surface area contributed by atoms with E-state index in [1.807, 2.05) is 17.0 Å². The number of nitrogen functional groups attached to an aromatic ring is 1. The summed E-state index contributed by atoms with van der Waals surface area (Å²) in [5.74, 6) is 5.41. The SMILES string of the molecule is NNc1ccccc1C(=O)N1CCCOCC1. The zero-order valence-electron chi connectivity index (χ0n) is 9.69. The number of rotatable bonds is 2. The Morgan fingerprint density at radius 2 is 2.12 bits per heavy atom. The quantitative estimate of drug-likeness (QED) is 0.588. The molecule has 5 nitrogen and oxygen atoms in total. The van der Waals surface area contributed by atoms with Gasteiger partial charge >= 0.3 is 0 Å². The summed E-state index contributed by atoms with van der Waals surface area (Å²) in [6, 6.07) is 7.25. The smallest absolute Gasteiger partial charge is 0.256 e. The zero-order valence-corrected chi connectivity index (χ0v) is 9.69. The topological polar surface area (TPSA) is 67.6 Å². The molecule has 1 aliphatic heterocycles. The second-order valence-corrected chi connectivity index (χ2v) is 3.95. The number of hydrazine groups is 1. The third-order valence-corrected chi connectivity index (χ3v) is 2.82. The number of carbonyl (C=O) groups excluding carboxylic acids is 1. The predicted molar refractivity (Wildman–Crippen MR) is 65.6 cm³/mol. The van der Waals surface area contributed by atoms with Crippen LogP contribution in [0.2, 0.25) is 0 Å². The molecule has 1 fully saturated rings. The van der Waals surface area contributed by atoms with E-state index in [0.717, 1.165) is 19.6 Å². The first kappa shape index (κ1) is 11.9. The van der Waals surface area contributed by atoms with Crippen LogP contribution in [0.3, 0.4) is 0 Å². The summed E-state index contributed by atoms with van der Waals surface area (Å²) in [4.78, 5) is 14.1. The van der Waals surface area contributed by atoms with Gasteiger partial charge in [-0.15, -0.1) is 0 Å². The highest BCUT2D eigenvalue weighted by Crippen LogP contribution is 2.16. The van der Waals surface area contributed by atoms with Crippen LogP contribution in [0.4, 0.5) is 5.69 Å². The number of amides is 1. The largest absolute Gasteiger partial charge is 0.380 e. The van der Waals surface area contributed by atoms with Crippen LogP contribution in [0.25, 0.3) is 0 Å². The van der Waals surface area contributed by atoms with Gasteiger partial charge in [-0.3, -0.25) is 10.6 Å². The van der Waals surface area contributed by atoms with Gasteiger partial charge < -0.3 is 15.1 Å². The van der Waals surface area contributed by atoms with Crippen molar-refractivity contribution in [3.05, 3.63) is 29.8 Å². The monoisotopic (exact) mass is 235 g/mol. The van der Waals surface area contributed by atoms with Crippen molar-refractivity contribution in [2.24, 2.45) is 5.84 Å². The minimum absolute atomic E-state index is 0.00375. The lowest BCUT2D eigenvalue weighted by atomic mass is 10.1. The Balaban J connectivity index is 2.17. The number of para-hydroxylation sites is 1. The molecule has 17 heavy (non-hydrogen) atoms. The van der Waals surface area contributed by atoms with Gasteiger partial charge in [-0.25, -0.2) is 0 Å². The summed E-state index contributed by atoms with van der Waals surface area (Å²) < 4.78 is 5.33. The van der Waals surface area contributed by atoms with Crippen molar-refractivity contribution in [2.45, 2.75) is 6.42 Å². The third-order valence-electron chi connectivity index (χ3n) is 2.82. The van der Waals surface area contributed by atoms with Crippen molar-refractivity contribution >= 4 is 11.6 Å². The maximum Gasteiger partial charge on any atom is 0.256 e. The van der Waals surface area contributed by atoms with Gasteiger partial charge in [-0.1, -0.05) is 12.1 Å². The number of hydrogen-bond donors (Lipinski definition) is 2. The lowest BCUT2D eigenvalue weighted by Crippen LogP contribution is -2.33. The molecule has 0 atom stereocenters. The van der Waals surface area contributed by atoms with Crippen LogP contribution in [0.5, 0.6) is 0 Å². The van der Waals surface area contributed by atoms with E-state index in [4.69, 9.17) is 10.6 Å². The fourth-order valence-electron chi connectivity index (χ4n) is 1.91. The van der Waals surface area contributed by atoms with E-state index >= 15 is 0 Å². The molecule has 0 bridgehead atoms. The van der Waals surface area contributed by atoms with Gasteiger partial charge in [0.1, 0.15) is 0 Å². The van der Waals surface area contributed by atoms with Gasteiger partial charge in [0.15, 0.2) is 0 Å². The zero-order chi connectivity index (χ0) is 12.1. The number of nitrogens with one attached hydrogen (secondary N) is 1. The summed E-state index contributed by atoms with van der Waals surface area (Å²) in [7, 11) is 0. The Morgan fingerprint density at radius 3 is 2.94 bits per heavy atom. The first-order valence-electron chi connectivity index (χ1n) is 5.75. The van der Waals surface area contributed by atoms with Crippen molar-refractivity contribution in [1.82, 2.24) is 4.90 Å².